The van der Waals surface area contributed by atoms with E-state index < -0.39 is 47.0 Å². The lowest BCUT2D eigenvalue weighted by atomic mass is 10.1. The summed E-state index contributed by atoms with van der Waals surface area (Å²) in [6, 6.07) is 12.5. The molecule has 0 unspecified atom stereocenters. The highest BCUT2D eigenvalue weighted by atomic mass is 35.5. The monoisotopic (exact) mass is 578 g/mol. The van der Waals surface area contributed by atoms with Crippen LogP contribution >= 0.6 is 22.9 Å². The molecular weight excluding hydrogens is 563 g/mol. The number of nitriles is 1. The number of nitrogens with zero attached hydrogens (tertiary/aromatic N) is 2. The van der Waals surface area contributed by atoms with Crippen LogP contribution in [0.1, 0.15) is 22.3 Å². The Morgan fingerprint density at radius 2 is 1.74 bits per heavy atom. The van der Waals surface area contributed by atoms with E-state index in [9.17, 15) is 36.8 Å². The van der Waals surface area contributed by atoms with Gasteiger partial charge in [-0.05, 0) is 41.5 Å². The van der Waals surface area contributed by atoms with Gasteiger partial charge in [0.1, 0.15) is 23.3 Å². The summed E-state index contributed by atoms with van der Waals surface area (Å²) >= 11 is 7.34. The fourth-order valence-electron chi connectivity index (χ4n) is 3.86. The van der Waals surface area contributed by atoms with Crippen molar-refractivity contribution in [2.24, 2.45) is 0 Å². The second-order valence-electron chi connectivity index (χ2n) is 8.28. The van der Waals surface area contributed by atoms with Gasteiger partial charge in [-0.1, -0.05) is 29.8 Å². The molecule has 12 heteroatoms. The van der Waals surface area contributed by atoms with Crippen LogP contribution in [0.25, 0.3) is 21.0 Å². The average molecular weight is 579 g/mol. The lowest BCUT2D eigenvalue weighted by molar-refractivity contribution is -0.140. The summed E-state index contributed by atoms with van der Waals surface area (Å²) < 4.78 is 74.7. The van der Waals surface area contributed by atoms with Gasteiger partial charge in [0.05, 0.1) is 36.2 Å². The molecule has 39 heavy (non-hydrogen) atoms. The van der Waals surface area contributed by atoms with Crippen molar-refractivity contribution < 1.29 is 31.5 Å². The first kappa shape index (κ1) is 28.0. The van der Waals surface area contributed by atoms with Gasteiger partial charge in [-0.25, -0.2) is 8.78 Å². The van der Waals surface area contributed by atoms with Crippen LogP contribution in [0, 0.1) is 23.0 Å². The van der Waals surface area contributed by atoms with Gasteiger partial charge in [-0.15, -0.1) is 11.3 Å². The molecule has 0 spiro atoms. The number of ether oxygens (including phenoxy) is 1. The van der Waals surface area contributed by atoms with Gasteiger partial charge < -0.3 is 9.30 Å². The van der Waals surface area contributed by atoms with Crippen molar-refractivity contribution in [3.63, 3.8) is 0 Å². The van der Waals surface area contributed by atoms with Gasteiger partial charge in [-0.3, -0.25) is 9.59 Å². The minimum atomic E-state index is -5.01. The Hall–Kier alpha value is -4.01. The fraction of sp³-hybridized carbons (Fsp3) is 0.148. The Bertz CT molecular complexity index is 1690. The number of carbonyl (C=O) groups is 1. The molecule has 0 bridgehead atoms. The molecule has 0 saturated carbocycles. The van der Waals surface area contributed by atoms with E-state index in [1.165, 1.54) is 19.2 Å². The molecule has 5 nitrogen and oxygen atoms in total. The number of alkyl halides is 3. The Labute approximate surface area is 227 Å². The Kier molecular flexibility index (Phi) is 7.90. The number of hydrogen-bond donors (Lipinski definition) is 0. The number of carbonyl (C=O) groups excluding carboxylic acids is 1. The highest BCUT2D eigenvalue weighted by Gasteiger charge is 2.37. The Morgan fingerprint density at radius 3 is 2.36 bits per heavy atom. The summed E-state index contributed by atoms with van der Waals surface area (Å²) in [5.41, 5.74) is -3.09. The van der Waals surface area contributed by atoms with Crippen molar-refractivity contribution in [1.29, 1.82) is 5.26 Å². The summed E-state index contributed by atoms with van der Waals surface area (Å²) in [5, 5.41) is 9.62. The van der Waals surface area contributed by atoms with E-state index in [1.807, 2.05) is 0 Å². The third kappa shape index (κ3) is 5.87. The molecule has 200 valence electrons. The first-order valence-corrected chi connectivity index (χ1v) is 12.3. The van der Waals surface area contributed by atoms with Crippen LogP contribution in [0.3, 0.4) is 0 Å². The third-order valence-electron chi connectivity index (χ3n) is 5.82. The predicted octanol–water partition coefficient (Wildman–Crippen LogP) is 6.83. The number of thiophene rings is 1. The SMILES string of the molecule is COC(=O)Cc1ccc(-c2ccc(-c3cc(C(F)(F)F)c(C#N)c(=O)n3Cc3ccc(F)cc3F)s2)cc1Cl. The number of rotatable bonds is 6. The van der Waals surface area contributed by atoms with E-state index in [0.29, 0.717) is 28.1 Å². The molecule has 4 aromatic rings. The largest absolute Gasteiger partial charge is 0.469 e. The van der Waals surface area contributed by atoms with E-state index in [1.54, 1.807) is 24.3 Å². The number of benzene rings is 2. The smallest absolute Gasteiger partial charge is 0.417 e. The molecule has 0 saturated heterocycles. The van der Waals surface area contributed by atoms with Crippen LogP contribution in [0.5, 0.6) is 0 Å². The van der Waals surface area contributed by atoms with Gasteiger partial charge in [0, 0.05) is 21.5 Å². The molecule has 4 rings (SSSR count). The van der Waals surface area contributed by atoms with E-state index in [4.69, 9.17) is 11.6 Å². The molecule has 0 aliphatic carbocycles. The molecule has 0 amide bonds. The lowest BCUT2D eigenvalue weighted by Crippen LogP contribution is -2.28. The lowest BCUT2D eigenvalue weighted by Gasteiger charge is -2.17. The first-order chi connectivity index (χ1) is 18.4. The number of halogens is 6. The van der Waals surface area contributed by atoms with Crippen LogP contribution < -0.4 is 5.56 Å². The number of methoxy groups -OCH3 is 1. The van der Waals surface area contributed by atoms with Crippen LogP contribution in [0.2, 0.25) is 5.02 Å². The van der Waals surface area contributed by atoms with Gasteiger partial charge in [0.25, 0.3) is 5.56 Å². The minimum absolute atomic E-state index is 0.0526. The van der Waals surface area contributed by atoms with Crippen molar-refractivity contribution >= 4 is 28.9 Å². The molecule has 0 radical (unpaired) electrons. The van der Waals surface area contributed by atoms with Crippen molar-refractivity contribution in [2.45, 2.75) is 19.1 Å². The van der Waals surface area contributed by atoms with Crippen molar-refractivity contribution in [3.05, 3.63) is 104 Å². The highest BCUT2D eigenvalue weighted by Crippen LogP contribution is 2.39. The second kappa shape index (κ2) is 11.0. The highest BCUT2D eigenvalue weighted by molar-refractivity contribution is 7.18. The molecule has 0 aliphatic heterocycles. The summed E-state index contributed by atoms with van der Waals surface area (Å²) in [6.07, 6.45) is -5.06. The molecule has 0 aliphatic rings. The summed E-state index contributed by atoms with van der Waals surface area (Å²) in [5.74, 6) is -2.35. The maximum absolute atomic E-state index is 14.4. The van der Waals surface area contributed by atoms with Crippen LogP contribution in [-0.2, 0) is 28.7 Å². The maximum Gasteiger partial charge on any atom is 0.417 e. The van der Waals surface area contributed by atoms with Crippen molar-refractivity contribution in [3.8, 4) is 27.1 Å². The zero-order chi connectivity index (χ0) is 28.5. The average Bonchev–Trinajstić information content (AvgIpc) is 3.37. The summed E-state index contributed by atoms with van der Waals surface area (Å²) in [7, 11) is 1.25. The van der Waals surface area contributed by atoms with E-state index in [0.717, 1.165) is 28.0 Å². The van der Waals surface area contributed by atoms with Gasteiger partial charge in [0.2, 0.25) is 0 Å². The zero-order valence-electron chi connectivity index (χ0n) is 19.9. The standard InChI is InChI=1S/C27H16ClF5N2O3S/c1-38-25(36)9-14-2-3-15(8-20(14)28)23-6-7-24(39-23)22-11-19(27(31,32)33)18(12-34)26(37)35(22)13-16-4-5-17(29)10-21(16)30/h2-8,10-11H,9,13H2,1H3. The topological polar surface area (TPSA) is 72.1 Å². The van der Waals surface area contributed by atoms with Gasteiger partial charge >= 0.3 is 12.1 Å². The summed E-state index contributed by atoms with van der Waals surface area (Å²) in [6.45, 7) is -0.547. The maximum atomic E-state index is 14.4. The molecule has 2 aromatic heterocycles. The summed E-state index contributed by atoms with van der Waals surface area (Å²) in [4.78, 5) is 25.5. The van der Waals surface area contributed by atoms with Crippen LogP contribution in [0.15, 0.2) is 59.4 Å². The quantitative estimate of drug-likeness (QED) is 0.186. The molecule has 2 aromatic carbocycles. The minimum Gasteiger partial charge on any atom is -0.469 e. The zero-order valence-corrected chi connectivity index (χ0v) is 21.5. The van der Waals surface area contributed by atoms with Gasteiger partial charge in [-0.2, -0.15) is 18.4 Å². The Balaban J connectivity index is 1.85. The molecular formula is C27H16ClF5N2O3S. The number of esters is 1. The fourth-order valence-corrected chi connectivity index (χ4v) is 5.14. The van der Waals surface area contributed by atoms with Crippen molar-refractivity contribution in [1.82, 2.24) is 4.57 Å². The van der Waals surface area contributed by atoms with Crippen LogP contribution in [-0.4, -0.2) is 17.6 Å². The normalized spacial score (nSPS) is 11.3. The van der Waals surface area contributed by atoms with E-state index >= 15 is 0 Å². The molecule has 0 fully saturated rings. The predicted molar refractivity (Wildman–Crippen MR) is 135 cm³/mol. The molecule has 0 N–H and O–H groups in total. The number of aromatic nitrogens is 1. The van der Waals surface area contributed by atoms with Crippen molar-refractivity contribution in [2.75, 3.05) is 7.11 Å². The Morgan fingerprint density at radius 1 is 1.05 bits per heavy atom. The van der Waals surface area contributed by atoms with Crippen LogP contribution in [0.4, 0.5) is 22.0 Å². The first-order valence-electron chi connectivity index (χ1n) is 11.1. The van der Waals surface area contributed by atoms with E-state index in [-0.39, 0.29) is 27.6 Å². The van der Waals surface area contributed by atoms with Gasteiger partial charge in [0.15, 0.2) is 0 Å². The van der Waals surface area contributed by atoms with E-state index in [2.05, 4.69) is 4.74 Å². The second-order valence-corrected chi connectivity index (χ2v) is 9.77. The number of pyridine rings is 1. The third-order valence-corrected chi connectivity index (χ3v) is 7.33. The number of hydrogen-bond acceptors (Lipinski definition) is 5. The molecule has 0 atom stereocenters. The molecule has 2 heterocycles.